The molecular weight excluding hydrogens is 452 g/mol. The molecule has 1 aliphatic heterocycles. The van der Waals surface area contributed by atoms with E-state index < -0.39 is 41.5 Å². The first-order chi connectivity index (χ1) is 16.6. The second-order valence-corrected chi connectivity index (χ2v) is 9.24. The van der Waals surface area contributed by atoms with Crippen LogP contribution in [0.15, 0.2) is 52.6 Å². The molecule has 9 heteroatoms. The number of imide groups is 3. The molecule has 4 aliphatic rings. The number of allylic oxidation sites excluding steroid dienone is 6. The van der Waals surface area contributed by atoms with Crippen LogP contribution >= 0.6 is 0 Å². The van der Waals surface area contributed by atoms with Gasteiger partial charge in [0, 0.05) is 22.6 Å². The Bertz CT molecular complexity index is 1320. The molecule has 0 bridgehead atoms. The summed E-state index contributed by atoms with van der Waals surface area (Å²) in [6.07, 6.45) is 3.48. The maximum Gasteiger partial charge on any atom is 0.328 e. The quantitative estimate of drug-likeness (QED) is 0.387. The van der Waals surface area contributed by atoms with Crippen LogP contribution < -0.4 is 10.5 Å². The summed E-state index contributed by atoms with van der Waals surface area (Å²) in [5.74, 6) is -4.55. The van der Waals surface area contributed by atoms with Gasteiger partial charge in [0.15, 0.2) is 23.1 Å². The van der Waals surface area contributed by atoms with Crippen LogP contribution in [0.25, 0.3) is 0 Å². The van der Waals surface area contributed by atoms with E-state index in [2.05, 4.69) is 0 Å². The van der Waals surface area contributed by atoms with Crippen LogP contribution in [-0.2, 0) is 19.2 Å². The van der Waals surface area contributed by atoms with Crippen molar-refractivity contribution in [3.05, 3.63) is 58.2 Å². The smallest absolute Gasteiger partial charge is 0.328 e. The van der Waals surface area contributed by atoms with Gasteiger partial charge >= 0.3 is 6.03 Å². The Morgan fingerprint density at radius 2 is 1.91 bits per heavy atom. The van der Waals surface area contributed by atoms with Crippen molar-refractivity contribution in [1.29, 1.82) is 0 Å². The van der Waals surface area contributed by atoms with Gasteiger partial charge in [0.25, 0.3) is 0 Å². The fourth-order valence-electron chi connectivity index (χ4n) is 5.96. The lowest BCUT2D eigenvalue weighted by Crippen LogP contribution is -2.42. The number of rotatable bonds is 3. The molecule has 4 atom stereocenters. The molecule has 9 nitrogen and oxygen atoms in total. The number of Topliss-reactive ketones (excluding diaryl/α,β-unsaturated/α-hetero) is 1. The molecular formula is C26H24N2O7. The van der Waals surface area contributed by atoms with Crippen molar-refractivity contribution >= 4 is 29.4 Å². The highest BCUT2D eigenvalue weighted by Crippen LogP contribution is 2.55. The largest absolute Gasteiger partial charge is 0.504 e. The summed E-state index contributed by atoms with van der Waals surface area (Å²) in [6, 6.07) is 3.63. The average Bonchev–Trinajstić information content (AvgIpc) is 3.08. The van der Waals surface area contributed by atoms with Crippen molar-refractivity contribution in [3.8, 4) is 11.5 Å². The summed E-state index contributed by atoms with van der Waals surface area (Å²) in [6.45, 7) is 3.65. The number of likely N-dealkylation sites (tertiary alicyclic amines) is 1. The van der Waals surface area contributed by atoms with Gasteiger partial charge in [-0.15, -0.1) is 0 Å². The van der Waals surface area contributed by atoms with Crippen LogP contribution in [0.5, 0.6) is 11.5 Å². The summed E-state index contributed by atoms with van der Waals surface area (Å²) in [4.78, 5) is 64.8. The zero-order valence-electron chi connectivity index (χ0n) is 19.2. The fourth-order valence-corrected chi connectivity index (χ4v) is 5.96. The lowest BCUT2D eigenvalue weighted by atomic mass is 9.59. The lowest BCUT2D eigenvalue weighted by molar-refractivity contribution is -0.136. The first kappa shape index (κ1) is 22.8. The molecule has 3 N–H and O–H groups in total. The number of urea groups is 1. The van der Waals surface area contributed by atoms with Gasteiger partial charge in [0.2, 0.25) is 11.8 Å². The van der Waals surface area contributed by atoms with E-state index in [1.807, 2.05) is 6.08 Å². The van der Waals surface area contributed by atoms with Crippen molar-refractivity contribution in [3.63, 3.8) is 0 Å². The Morgan fingerprint density at radius 3 is 2.60 bits per heavy atom. The molecule has 1 aromatic carbocycles. The number of amides is 4. The summed E-state index contributed by atoms with van der Waals surface area (Å²) in [7, 11) is 0. The number of aromatic hydroxyl groups is 1. The monoisotopic (exact) mass is 476 g/mol. The number of fused-ring (bicyclic) bond motifs is 3. The Labute approximate surface area is 200 Å². The minimum Gasteiger partial charge on any atom is -0.504 e. The molecule has 0 spiro atoms. The van der Waals surface area contributed by atoms with Crippen molar-refractivity contribution in [2.75, 3.05) is 6.61 Å². The number of primary amides is 1. The number of phenols is 1. The van der Waals surface area contributed by atoms with Gasteiger partial charge in [-0.2, -0.15) is 4.90 Å². The highest BCUT2D eigenvalue weighted by Gasteiger charge is 2.57. The van der Waals surface area contributed by atoms with Crippen molar-refractivity contribution in [2.45, 2.75) is 32.6 Å². The maximum absolute atomic E-state index is 13.2. The Hall–Kier alpha value is -4.01. The third-order valence-electron chi connectivity index (χ3n) is 7.40. The van der Waals surface area contributed by atoms with Gasteiger partial charge < -0.3 is 15.6 Å². The molecule has 1 saturated heterocycles. The van der Waals surface area contributed by atoms with Crippen molar-refractivity contribution < 1.29 is 33.8 Å². The number of carbonyl (C=O) groups is 5. The van der Waals surface area contributed by atoms with Crippen LogP contribution in [0, 0.1) is 17.8 Å². The third kappa shape index (κ3) is 3.25. The summed E-state index contributed by atoms with van der Waals surface area (Å²) < 4.78 is 5.54. The van der Waals surface area contributed by atoms with Crippen LogP contribution in [0.4, 0.5) is 4.79 Å². The fraction of sp³-hybridized carbons (Fsp3) is 0.346. The second kappa shape index (κ2) is 8.04. The zero-order chi connectivity index (χ0) is 25.2. The van der Waals surface area contributed by atoms with Crippen LogP contribution in [0.1, 0.15) is 38.2 Å². The van der Waals surface area contributed by atoms with E-state index in [4.69, 9.17) is 10.5 Å². The van der Waals surface area contributed by atoms with Crippen LogP contribution in [0.2, 0.25) is 0 Å². The summed E-state index contributed by atoms with van der Waals surface area (Å²) >= 11 is 0. The number of hydrogen-bond donors (Lipinski definition) is 2. The van der Waals surface area contributed by atoms with E-state index in [1.54, 1.807) is 26.0 Å². The van der Waals surface area contributed by atoms with E-state index in [0.717, 1.165) is 5.57 Å². The molecule has 0 radical (unpaired) electrons. The normalized spacial score (nSPS) is 27.8. The number of ether oxygens (including phenoxy) is 1. The van der Waals surface area contributed by atoms with Gasteiger partial charge in [-0.3, -0.25) is 19.2 Å². The van der Waals surface area contributed by atoms with Gasteiger partial charge in [0.05, 0.1) is 18.4 Å². The van der Waals surface area contributed by atoms with Gasteiger partial charge in [-0.05, 0) is 56.4 Å². The lowest BCUT2D eigenvalue weighted by Gasteiger charge is -2.42. The predicted octanol–water partition coefficient (Wildman–Crippen LogP) is 2.30. The molecule has 1 aromatic rings. The SMILES string of the molecule is CCOc1cc(C2C3=CCC4C(=O)N(C(N)=O)C(=O)C4C3CC3=C2C(=O)C=C(C)C3=O)ccc1O. The van der Waals surface area contributed by atoms with Gasteiger partial charge in [0.1, 0.15) is 0 Å². The van der Waals surface area contributed by atoms with E-state index in [-0.39, 0.29) is 35.9 Å². The predicted molar refractivity (Wildman–Crippen MR) is 122 cm³/mol. The Kier molecular flexibility index (Phi) is 5.23. The molecule has 180 valence electrons. The molecule has 1 heterocycles. The number of benzene rings is 1. The molecule has 1 fully saturated rings. The minimum atomic E-state index is -1.12. The number of ketones is 2. The third-order valence-corrected chi connectivity index (χ3v) is 7.40. The number of hydrogen-bond acceptors (Lipinski definition) is 7. The second-order valence-electron chi connectivity index (χ2n) is 9.24. The first-order valence-electron chi connectivity index (χ1n) is 11.5. The zero-order valence-corrected chi connectivity index (χ0v) is 19.2. The first-order valence-corrected chi connectivity index (χ1v) is 11.5. The number of carbonyl (C=O) groups excluding carboxylic acids is 5. The van der Waals surface area contributed by atoms with Gasteiger partial charge in [-0.25, -0.2) is 4.79 Å². The molecule has 3 aliphatic carbocycles. The molecule has 5 rings (SSSR count). The van der Waals surface area contributed by atoms with Crippen molar-refractivity contribution in [2.24, 2.45) is 23.5 Å². The van der Waals surface area contributed by atoms with E-state index in [9.17, 15) is 29.1 Å². The average molecular weight is 476 g/mol. The highest BCUT2D eigenvalue weighted by atomic mass is 16.5. The summed E-state index contributed by atoms with van der Waals surface area (Å²) in [5, 5.41) is 10.2. The number of nitrogens with zero attached hydrogens (tertiary/aromatic N) is 1. The summed E-state index contributed by atoms with van der Waals surface area (Å²) in [5.41, 5.74) is 7.62. The highest BCUT2D eigenvalue weighted by molar-refractivity contribution is 6.24. The van der Waals surface area contributed by atoms with E-state index in [1.165, 1.54) is 12.1 Å². The Balaban J connectivity index is 1.69. The molecule has 0 saturated carbocycles. The molecule has 4 amide bonds. The van der Waals surface area contributed by atoms with E-state index in [0.29, 0.717) is 33.8 Å². The molecule has 35 heavy (non-hydrogen) atoms. The minimum absolute atomic E-state index is 0.0645. The van der Waals surface area contributed by atoms with E-state index >= 15 is 0 Å². The Morgan fingerprint density at radius 1 is 1.17 bits per heavy atom. The number of phenolic OH excluding ortho intramolecular Hbond substituents is 1. The van der Waals surface area contributed by atoms with Crippen LogP contribution in [-0.4, -0.2) is 46.0 Å². The number of nitrogens with two attached hydrogens (primary N) is 1. The van der Waals surface area contributed by atoms with Gasteiger partial charge in [-0.1, -0.05) is 17.7 Å². The standard InChI is InChI=1S/C26H24N2O7/c1-3-35-19-9-12(4-7-17(19)29)20-13-5-6-14-21(25(33)28(24(14)32)26(27)34)15(13)10-16-22(20)18(30)8-11(2)23(16)31/h4-5,7-9,14-15,20-21,29H,3,6,10H2,1-2H3,(H2,27,34). The topological polar surface area (TPSA) is 144 Å². The molecule has 0 aromatic heterocycles. The van der Waals surface area contributed by atoms with Crippen molar-refractivity contribution in [1.82, 2.24) is 4.90 Å². The maximum atomic E-state index is 13.2. The van der Waals surface area contributed by atoms with Crippen LogP contribution in [0.3, 0.4) is 0 Å². The molecule has 4 unspecified atom stereocenters.